The van der Waals surface area contributed by atoms with Crippen LogP contribution in [0.4, 0.5) is 4.39 Å². The molecule has 1 aromatic heterocycles. The molecule has 0 spiro atoms. The van der Waals surface area contributed by atoms with Crippen molar-refractivity contribution in [3.63, 3.8) is 0 Å². The van der Waals surface area contributed by atoms with E-state index in [9.17, 15) is 9.18 Å². The van der Waals surface area contributed by atoms with Gasteiger partial charge in [0.25, 0.3) is 5.91 Å². The van der Waals surface area contributed by atoms with Gasteiger partial charge in [0.1, 0.15) is 0 Å². The molecule has 1 saturated heterocycles. The number of halogens is 1. The smallest absolute Gasteiger partial charge is 0.251 e. The molecule has 1 aliphatic rings. The molecule has 1 N–H and O–H groups in total. The number of ether oxygens (including phenoxy) is 2. The number of aromatic nitrogens is 1. The lowest BCUT2D eigenvalue weighted by Crippen LogP contribution is -2.34. The minimum atomic E-state index is -0.661. The number of carbonyl (C=O) groups excluding carboxylic acids is 1. The summed E-state index contributed by atoms with van der Waals surface area (Å²) in [5.74, 6) is -1.34. The summed E-state index contributed by atoms with van der Waals surface area (Å²) in [4.78, 5) is 15.3. The van der Waals surface area contributed by atoms with Crippen molar-refractivity contribution >= 4 is 5.91 Å². The van der Waals surface area contributed by atoms with Gasteiger partial charge in [-0.2, -0.15) is 4.39 Å². The van der Waals surface area contributed by atoms with Crippen molar-refractivity contribution in [1.29, 1.82) is 0 Å². The zero-order valence-corrected chi connectivity index (χ0v) is 11.7. The number of carbonyl (C=O) groups is 1. The van der Waals surface area contributed by atoms with Crippen LogP contribution in [0.25, 0.3) is 0 Å². The fraction of sp³-hybridized carbons (Fsp3) is 0.571. The molecule has 0 aromatic carbocycles. The van der Waals surface area contributed by atoms with Crippen molar-refractivity contribution in [2.24, 2.45) is 5.92 Å². The molecule has 1 fully saturated rings. The highest BCUT2D eigenvalue weighted by atomic mass is 19.1. The van der Waals surface area contributed by atoms with Gasteiger partial charge in [-0.3, -0.25) is 4.79 Å². The predicted octanol–water partition coefficient (Wildman–Crippen LogP) is 1.74. The van der Waals surface area contributed by atoms with E-state index in [0.717, 1.165) is 6.07 Å². The molecule has 0 unspecified atom stereocenters. The maximum absolute atomic E-state index is 12.9. The summed E-state index contributed by atoms with van der Waals surface area (Å²) in [7, 11) is 0. The Hall–Kier alpha value is -1.53. The molecular weight excluding hydrogens is 263 g/mol. The minimum absolute atomic E-state index is 0.189. The first-order valence-corrected chi connectivity index (χ1v) is 6.66. The molecule has 0 saturated carbocycles. The quantitative estimate of drug-likeness (QED) is 0.836. The Bertz CT molecular complexity index is 475. The van der Waals surface area contributed by atoms with Crippen LogP contribution in [0.3, 0.4) is 0 Å². The standard InChI is InChI=1S/C14H19FN2O3/c1-10(8-14(2)19-5-6-20-14)9-17-13(18)11-3-4-16-12(15)7-11/h3-4,7,10H,5-6,8-9H2,1-2H3,(H,17,18)/t10-/m1/s1. The van der Waals surface area contributed by atoms with E-state index in [1.165, 1.54) is 12.3 Å². The molecule has 0 radical (unpaired) electrons. The number of nitrogens with one attached hydrogen (secondary N) is 1. The first kappa shape index (κ1) is 14.9. The number of hydrogen-bond acceptors (Lipinski definition) is 4. The van der Waals surface area contributed by atoms with E-state index >= 15 is 0 Å². The third-order valence-electron chi connectivity index (χ3n) is 3.22. The summed E-state index contributed by atoms with van der Waals surface area (Å²) in [6.45, 7) is 5.59. The lowest BCUT2D eigenvalue weighted by Gasteiger charge is -2.26. The van der Waals surface area contributed by atoms with E-state index in [0.29, 0.717) is 26.2 Å². The summed E-state index contributed by atoms with van der Waals surface area (Å²) in [5, 5.41) is 2.77. The fourth-order valence-electron chi connectivity index (χ4n) is 2.29. The van der Waals surface area contributed by atoms with Gasteiger partial charge in [-0.15, -0.1) is 0 Å². The Morgan fingerprint density at radius 2 is 2.25 bits per heavy atom. The van der Waals surface area contributed by atoms with E-state index in [2.05, 4.69) is 10.3 Å². The summed E-state index contributed by atoms with van der Waals surface area (Å²) in [6.07, 6.45) is 1.97. The second kappa shape index (κ2) is 6.28. The topological polar surface area (TPSA) is 60.5 Å². The van der Waals surface area contributed by atoms with Crippen molar-refractivity contribution in [2.45, 2.75) is 26.1 Å². The molecule has 1 aliphatic heterocycles. The Kier molecular flexibility index (Phi) is 4.67. The van der Waals surface area contributed by atoms with Crippen LogP contribution in [0, 0.1) is 11.9 Å². The highest BCUT2D eigenvalue weighted by Crippen LogP contribution is 2.26. The number of nitrogens with zero attached hydrogens (tertiary/aromatic N) is 1. The van der Waals surface area contributed by atoms with Crippen molar-refractivity contribution in [2.75, 3.05) is 19.8 Å². The van der Waals surface area contributed by atoms with E-state index in [4.69, 9.17) is 9.47 Å². The highest BCUT2D eigenvalue weighted by Gasteiger charge is 2.32. The Labute approximate surface area is 117 Å². The van der Waals surface area contributed by atoms with Crippen LogP contribution in [-0.4, -0.2) is 36.4 Å². The molecule has 2 heterocycles. The van der Waals surface area contributed by atoms with Gasteiger partial charge in [-0.05, 0) is 18.9 Å². The fourth-order valence-corrected chi connectivity index (χ4v) is 2.29. The minimum Gasteiger partial charge on any atom is -0.352 e. The van der Waals surface area contributed by atoms with Gasteiger partial charge >= 0.3 is 0 Å². The second-order valence-corrected chi connectivity index (χ2v) is 5.22. The molecular formula is C14H19FN2O3. The summed E-state index contributed by atoms with van der Waals surface area (Å²) in [5.41, 5.74) is 0.268. The average molecular weight is 282 g/mol. The molecule has 0 bridgehead atoms. The maximum Gasteiger partial charge on any atom is 0.251 e. The molecule has 110 valence electrons. The van der Waals surface area contributed by atoms with Gasteiger partial charge < -0.3 is 14.8 Å². The van der Waals surface area contributed by atoms with Gasteiger partial charge in [0.05, 0.1) is 13.2 Å². The van der Waals surface area contributed by atoms with Crippen molar-refractivity contribution < 1.29 is 18.7 Å². The van der Waals surface area contributed by atoms with Gasteiger partial charge in [0, 0.05) is 30.8 Å². The molecule has 6 heteroatoms. The van der Waals surface area contributed by atoms with Crippen LogP contribution in [0.5, 0.6) is 0 Å². The average Bonchev–Trinajstić information content (AvgIpc) is 2.82. The molecule has 20 heavy (non-hydrogen) atoms. The van der Waals surface area contributed by atoms with Crippen LogP contribution in [-0.2, 0) is 9.47 Å². The molecule has 1 atom stereocenters. The molecule has 5 nitrogen and oxygen atoms in total. The van der Waals surface area contributed by atoms with Crippen LogP contribution < -0.4 is 5.32 Å². The number of hydrogen-bond donors (Lipinski definition) is 1. The normalized spacial score (nSPS) is 18.8. The summed E-state index contributed by atoms with van der Waals surface area (Å²) >= 11 is 0. The van der Waals surface area contributed by atoms with Crippen molar-refractivity contribution in [3.8, 4) is 0 Å². The molecule has 0 aliphatic carbocycles. The Balaban J connectivity index is 1.81. The van der Waals surface area contributed by atoms with Crippen LogP contribution in [0.2, 0.25) is 0 Å². The maximum atomic E-state index is 12.9. The van der Waals surface area contributed by atoms with E-state index in [1.54, 1.807) is 0 Å². The molecule has 1 aromatic rings. The predicted molar refractivity (Wildman–Crippen MR) is 70.6 cm³/mol. The Morgan fingerprint density at radius 1 is 1.55 bits per heavy atom. The van der Waals surface area contributed by atoms with Crippen molar-refractivity contribution in [1.82, 2.24) is 10.3 Å². The lowest BCUT2D eigenvalue weighted by atomic mass is 10.0. The number of pyridine rings is 1. The van der Waals surface area contributed by atoms with E-state index in [1.807, 2.05) is 13.8 Å². The monoisotopic (exact) mass is 282 g/mol. The third-order valence-corrected chi connectivity index (χ3v) is 3.22. The van der Waals surface area contributed by atoms with Gasteiger partial charge in [-0.25, -0.2) is 4.98 Å². The number of rotatable bonds is 5. The van der Waals surface area contributed by atoms with Crippen LogP contribution in [0.15, 0.2) is 18.3 Å². The number of amides is 1. The van der Waals surface area contributed by atoms with Crippen LogP contribution in [0.1, 0.15) is 30.6 Å². The van der Waals surface area contributed by atoms with Gasteiger partial charge in [-0.1, -0.05) is 6.92 Å². The summed E-state index contributed by atoms with van der Waals surface area (Å²) in [6, 6.07) is 2.60. The van der Waals surface area contributed by atoms with Crippen LogP contribution >= 0.6 is 0 Å². The SMILES string of the molecule is C[C@@H](CNC(=O)c1ccnc(F)c1)CC1(C)OCCO1. The van der Waals surface area contributed by atoms with E-state index in [-0.39, 0.29) is 17.4 Å². The van der Waals surface area contributed by atoms with Gasteiger partial charge in [0.15, 0.2) is 5.79 Å². The Morgan fingerprint density at radius 3 is 2.90 bits per heavy atom. The first-order valence-electron chi connectivity index (χ1n) is 6.66. The largest absolute Gasteiger partial charge is 0.352 e. The zero-order chi connectivity index (χ0) is 14.6. The highest BCUT2D eigenvalue weighted by molar-refractivity contribution is 5.93. The van der Waals surface area contributed by atoms with E-state index < -0.39 is 11.7 Å². The third kappa shape index (κ3) is 3.98. The lowest BCUT2D eigenvalue weighted by molar-refractivity contribution is -0.153. The molecule has 2 rings (SSSR count). The molecule has 1 amide bonds. The second-order valence-electron chi connectivity index (χ2n) is 5.22. The van der Waals surface area contributed by atoms with Crippen molar-refractivity contribution in [3.05, 3.63) is 29.8 Å². The first-order chi connectivity index (χ1) is 9.48. The zero-order valence-electron chi connectivity index (χ0n) is 11.7. The summed E-state index contributed by atoms with van der Waals surface area (Å²) < 4.78 is 24.0. The van der Waals surface area contributed by atoms with Gasteiger partial charge in [0.2, 0.25) is 5.95 Å².